The van der Waals surface area contributed by atoms with Gasteiger partial charge in [0.15, 0.2) is 0 Å². The van der Waals surface area contributed by atoms with Crippen LogP contribution in [0.3, 0.4) is 0 Å². The van der Waals surface area contributed by atoms with E-state index >= 15 is 0 Å². The lowest BCUT2D eigenvalue weighted by Crippen LogP contribution is -2.33. The first-order chi connectivity index (χ1) is 13.4. The second-order valence-corrected chi connectivity index (χ2v) is 7.61. The number of carbonyl (C=O) groups excluding carboxylic acids is 2. The molecule has 0 radical (unpaired) electrons. The summed E-state index contributed by atoms with van der Waals surface area (Å²) in [6, 6.07) is 12.1. The van der Waals surface area contributed by atoms with Crippen LogP contribution in [0.25, 0.3) is 0 Å². The second-order valence-electron chi connectivity index (χ2n) is 7.61. The second kappa shape index (κ2) is 8.27. The van der Waals surface area contributed by atoms with Crippen LogP contribution in [-0.4, -0.2) is 25.0 Å². The standard InChI is InChI=1S/C22H24F3NO3/c1-13(14-8-10-15(29-4)11-9-14)16-6-5-7-17(20(26)28)19(16)21(2,3)12-18(27)22(23,24)25/h5-11,13H,12H2,1-4H3,(H2,26,28)/t13-/m0/s1. The minimum absolute atomic E-state index is 0.114. The summed E-state index contributed by atoms with van der Waals surface area (Å²) in [6.45, 7) is 4.92. The molecule has 0 bridgehead atoms. The van der Waals surface area contributed by atoms with E-state index in [0.29, 0.717) is 16.9 Å². The number of ether oxygens (including phenoxy) is 1. The van der Waals surface area contributed by atoms with E-state index in [-0.39, 0.29) is 11.5 Å². The van der Waals surface area contributed by atoms with Crippen molar-refractivity contribution in [2.45, 2.75) is 44.7 Å². The zero-order chi connectivity index (χ0) is 22.0. The predicted octanol–water partition coefficient (Wildman–Crippen LogP) is 4.75. The third-order valence-electron chi connectivity index (χ3n) is 5.04. The highest BCUT2D eigenvalue weighted by atomic mass is 19.4. The molecule has 0 heterocycles. The molecule has 0 saturated carbocycles. The van der Waals surface area contributed by atoms with Crippen LogP contribution in [-0.2, 0) is 10.2 Å². The number of Topliss-reactive ketones (excluding diaryl/α,β-unsaturated/α-hetero) is 1. The Balaban J connectivity index is 2.60. The number of carbonyl (C=O) groups is 2. The molecule has 0 unspecified atom stereocenters. The van der Waals surface area contributed by atoms with Gasteiger partial charge in [-0.3, -0.25) is 9.59 Å². The van der Waals surface area contributed by atoms with E-state index in [1.807, 2.05) is 19.1 Å². The third-order valence-corrected chi connectivity index (χ3v) is 5.04. The van der Waals surface area contributed by atoms with Crippen LogP contribution < -0.4 is 10.5 Å². The number of benzene rings is 2. The molecule has 1 amide bonds. The highest BCUT2D eigenvalue weighted by Crippen LogP contribution is 2.40. The Morgan fingerprint density at radius 2 is 1.66 bits per heavy atom. The average Bonchev–Trinajstić information content (AvgIpc) is 2.65. The van der Waals surface area contributed by atoms with Gasteiger partial charge in [0.1, 0.15) is 5.75 Å². The van der Waals surface area contributed by atoms with Gasteiger partial charge in [0.05, 0.1) is 7.11 Å². The fourth-order valence-electron chi connectivity index (χ4n) is 3.55. The normalized spacial score (nSPS) is 13.1. The number of hydrogen-bond acceptors (Lipinski definition) is 3. The van der Waals surface area contributed by atoms with Crippen LogP contribution in [0.4, 0.5) is 13.2 Å². The Kier molecular flexibility index (Phi) is 6.40. The molecule has 2 aromatic rings. The zero-order valence-corrected chi connectivity index (χ0v) is 16.8. The number of ketones is 1. The molecular formula is C22H24F3NO3. The van der Waals surface area contributed by atoms with Crippen LogP contribution >= 0.6 is 0 Å². The van der Waals surface area contributed by atoms with Crippen molar-refractivity contribution in [3.05, 3.63) is 64.7 Å². The molecule has 0 aliphatic carbocycles. The monoisotopic (exact) mass is 407 g/mol. The molecular weight excluding hydrogens is 383 g/mol. The fraction of sp³-hybridized carbons (Fsp3) is 0.364. The zero-order valence-electron chi connectivity index (χ0n) is 16.8. The molecule has 0 saturated heterocycles. The van der Waals surface area contributed by atoms with Crippen molar-refractivity contribution in [2.75, 3.05) is 7.11 Å². The summed E-state index contributed by atoms with van der Waals surface area (Å²) in [7, 11) is 1.55. The Labute approximate surface area is 167 Å². The predicted molar refractivity (Wildman–Crippen MR) is 104 cm³/mol. The smallest absolute Gasteiger partial charge is 0.450 e. The van der Waals surface area contributed by atoms with Gasteiger partial charge in [-0.2, -0.15) is 13.2 Å². The number of halogens is 3. The molecule has 156 valence electrons. The van der Waals surface area contributed by atoms with E-state index in [9.17, 15) is 22.8 Å². The van der Waals surface area contributed by atoms with Crippen molar-refractivity contribution < 1.29 is 27.5 Å². The van der Waals surface area contributed by atoms with Gasteiger partial charge < -0.3 is 10.5 Å². The Hall–Kier alpha value is -2.83. The number of methoxy groups -OCH3 is 1. The summed E-state index contributed by atoms with van der Waals surface area (Å²) in [5.41, 5.74) is 6.25. The minimum atomic E-state index is -4.94. The van der Waals surface area contributed by atoms with Gasteiger partial charge in [-0.15, -0.1) is 0 Å². The summed E-state index contributed by atoms with van der Waals surface area (Å²) in [6.07, 6.45) is -5.73. The molecule has 29 heavy (non-hydrogen) atoms. The van der Waals surface area contributed by atoms with E-state index in [0.717, 1.165) is 5.56 Å². The van der Waals surface area contributed by atoms with Crippen molar-refractivity contribution in [3.8, 4) is 5.75 Å². The maximum atomic E-state index is 12.9. The number of rotatable bonds is 7. The van der Waals surface area contributed by atoms with Crippen molar-refractivity contribution in [1.29, 1.82) is 0 Å². The van der Waals surface area contributed by atoms with Crippen LogP contribution in [0.2, 0.25) is 0 Å². The first kappa shape index (κ1) is 22.5. The minimum Gasteiger partial charge on any atom is -0.497 e. The number of alkyl halides is 3. The van der Waals surface area contributed by atoms with Gasteiger partial charge in [-0.05, 0) is 40.3 Å². The maximum absolute atomic E-state index is 12.9. The molecule has 0 aromatic heterocycles. The molecule has 0 aliphatic heterocycles. The number of amides is 1. The van der Waals surface area contributed by atoms with Crippen LogP contribution in [0.1, 0.15) is 60.2 Å². The molecule has 2 rings (SSSR count). The molecule has 7 heteroatoms. The van der Waals surface area contributed by atoms with E-state index in [2.05, 4.69) is 0 Å². The van der Waals surface area contributed by atoms with Gasteiger partial charge in [-0.1, -0.05) is 45.0 Å². The van der Waals surface area contributed by atoms with E-state index < -0.39 is 29.7 Å². The van der Waals surface area contributed by atoms with E-state index in [4.69, 9.17) is 10.5 Å². The lowest BCUT2D eigenvalue weighted by atomic mass is 9.72. The number of hydrogen-bond donors (Lipinski definition) is 1. The SMILES string of the molecule is COc1ccc([C@H](C)c2cccc(C(N)=O)c2C(C)(C)CC(=O)C(F)(F)F)cc1. The summed E-state index contributed by atoms with van der Waals surface area (Å²) < 4.78 is 43.8. The quantitative estimate of drug-likeness (QED) is 0.720. The molecule has 2 aromatic carbocycles. The van der Waals surface area contributed by atoms with Gasteiger partial charge in [0, 0.05) is 17.9 Å². The Morgan fingerprint density at radius 1 is 1.07 bits per heavy atom. The van der Waals surface area contributed by atoms with Gasteiger partial charge in [0.25, 0.3) is 0 Å². The van der Waals surface area contributed by atoms with Crippen molar-refractivity contribution in [1.82, 2.24) is 0 Å². The molecule has 2 N–H and O–H groups in total. The summed E-state index contributed by atoms with van der Waals surface area (Å²) in [5, 5.41) is 0. The molecule has 0 spiro atoms. The van der Waals surface area contributed by atoms with Gasteiger partial charge >= 0.3 is 6.18 Å². The molecule has 1 atom stereocenters. The third kappa shape index (κ3) is 4.96. The van der Waals surface area contributed by atoms with Crippen LogP contribution in [0, 0.1) is 0 Å². The van der Waals surface area contributed by atoms with E-state index in [1.165, 1.54) is 19.9 Å². The molecule has 4 nitrogen and oxygen atoms in total. The largest absolute Gasteiger partial charge is 0.497 e. The first-order valence-electron chi connectivity index (χ1n) is 9.05. The van der Waals surface area contributed by atoms with Crippen molar-refractivity contribution >= 4 is 11.7 Å². The lowest BCUT2D eigenvalue weighted by molar-refractivity contribution is -0.172. The topological polar surface area (TPSA) is 69.4 Å². The van der Waals surface area contributed by atoms with Crippen molar-refractivity contribution in [2.24, 2.45) is 5.73 Å². The van der Waals surface area contributed by atoms with E-state index in [1.54, 1.807) is 31.4 Å². The fourth-order valence-corrected chi connectivity index (χ4v) is 3.55. The molecule has 0 aliphatic rings. The highest BCUT2D eigenvalue weighted by Gasteiger charge is 2.43. The van der Waals surface area contributed by atoms with Gasteiger partial charge in [0.2, 0.25) is 11.7 Å². The first-order valence-corrected chi connectivity index (χ1v) is 9.05. The summed E-state index contributed by atoms with van der Waals surface area (Å²) in [5.74, 6) is -2.18. The molecule has 0 fully saturated rings. The van der Waals surface area contributed by atoms with Crippen LogP contribution in [0.15, 0.2) is 42.5 Å². The van der Waals surface area contributed by atoms with Gasteiger partial charge in [-0.25, -0.2) is 0 Å². The Bertz CT molecular complexity index is 903. The lowest BCUT2D eigenvalue weighted by Gasteiger charge is -2.31. The van der Waals surface area contributed by atoms with Crippen molar-refractivity contribution in [3.63, 3.8) is 0 Å². The number of nitrogens with two attached hydrogens (primary N) is 1. The highest BCUT2D eigenvalue weighted by molar-refractivity contribution is 5.96. The van der Waals surface area contributed by atoms with Crippen LogP contribution in [0.5, 0.6) is 5.75 Å². The Morgan fingerprint density at radius 3 is 2.14 bits per heavy atom. The summed E-state index contributed by atoms with van der Waals surface area (Å²) in [4.78, 5) is 23.7. The number of primary amides is 1. The summed E-state index contributed by atoms with van der Waals surface area (Å²) >= 11 is 0. The average molecular weight is 407 g/mol. The maximum Gasteiger partial charge on any atom is 0.450 e.